The fraction of sp³-hybridized carbons (Fsp3) is 0.429. The Labute approximate surface area is 130 Å². The maximum absolute atomic E-state index is 12.1. The Morgan fingerprint density at radius 3 is 2.68 bits per heavy atom. The molecule has 118 valence electrons. The van der Waals surface area contributed by atoms with E-state index in [1.54, 1.807) is 0 Å². The molecule has 0 fully saturated rings. The van der Waals surface area contributed by atoms with Gasteiger partial charge in [-0.05, 0) is 20.8 Å². The number of nitrogens with one attached hydrogen (secondary N) is 1. The van der Waals surface area contributed by atoms with Crippen LogP contribution in [0.15, 0.2) is 27.2 Å². The van der Waals surface area contributed by atoms with E-state index in [0.29, 0.717) is 0 Å². The van der Waals surface area contributed by atoms with E-state index in [-0.39, 0.29) is 11.5 Å². The van der Waals surface area contributed by atoms with Crippen LogP contribution in [0.4, 0.5) is 0 Å². The first-order valence-electron chi connectivity index (χ1n) is 6.46. The molecule has 0 saturated carbocycles. The van der Waals surface area contributed by atoms with Crippen LogP contribution in [-0.2, 0) is 4.74 Å². The number of rotatable bonds is 2. The number of H-pyrrole nitrogens is 1. The lowest BCUT2D eigenvalue weighted by atomic mass is 10.0. The first-order valence-corrected chi connectivity index (χ1v) is 6.83. The molecule has 2 rings (SSSR count). The van der Waals surface area contributed by atoms with Gasteiger partial charge in [-0.3, -0.25) is 14.3 Å². The van der Waals surface area contributed by atoms with Crippen molar-refractivity contribution in [2.75, 3.05) is 0 Å². The summed E-state index contributed by atoms with van der Waals surface area (Å²) in [6.45, 7) is 4.42. The van der Waals surface area contributed by atoms with Crippen molar-refractivity contribution >= 4 is 11.6 Å². The number of alkyl halides is 1. The molecule has 3 N–H and O–H groups in total. The number of aryl methyl sites for hydroxylation is 1. The van der Waals surface area contributed by atoms with Crippen molar-refractivity contribution < 1.29 is 14.9 Å². The third kappa shape index (κ3) is 2.40. The summed E-state index contributed by atoms with van der Waals surface area (Å²) in [5.41, 5.74) is -1.04. The zero-order valence-electron chi connectivity index (χ0n) is 12.2. The summed E-state index contributed by atoms with van der Waals surface area (Å²) < 4.78 is 6.55. The highest BCUT2D eigenvalue weighted by Crippen LogP contribution is 2.45. The monoisotopic (exact) mass is 326 g/mol. The highest BCUT2D eigenvalue weighted by atomic mass is 35.5. The van der Waals surface area contributed by atoms with Crippen LogP contribution in [0, 0.1) is 18.8 Å². The molecule has 0 spiro atoms. The van der Waals surface area contributed by atoms with E-state index >= 15 is 0 Å². The molecule has 0 aliphatic carbocycles. The molecule has 3 atom stereocenters. The van der Waals surface area contributed by atoms with Crippen LogP contribution in [0.2, 0.25) is 0 Å². The lowest BCUT2D eigenvalue weighted by molar-refractivity contribution is 0.0296. The maximum Gasteiger partial charge on any atom is 0.331 e. The molecule has 1 aliphatic rings. The van der Waals surface area contributed by atoms with E-state index < -0.39 is 34.2 Å². The van der Waals surface area contributed by atoms with Gasteiger partial charge in [-0.1, -0.05) is 17.5 Å². The van der Waals surface area contributed by atoms with Crippen LogP contribution in [0.1, 0.15) is 25.8 Å². The van der Waals surface area contributed by atoms with Crippen molar-refractivity contribution in [1.82, 2.24) is 9.55 Å². The van der Waals surface area contributed by atoms with Crippen molar-refractivity contribution in [3.8, 4) is 11.8 Å². The van der Waals surface area contributed by atoms with Gasteiger partial charge < -0.3 is 14.9 Å². The first kappa shape index (κ1) is 16.2. The number of aromatic nitrogens is 2. The van der Waals surface area contributed by atoms with Gasteiger partial charge in [0.05, 0.1) is 0 Å². The third-order valence-corrected chi connectivity index (χ3v) is 3.71. The lowest BCUT2D eigenvalue weighted by Gasteiger charge is -2.25. The second-order valence-electron chi connectivity index (χ2n) is 4.90. The van der Waals surface area contributed by atoms with Crippen molar-refractivity contribution in [3.05, 3.63) is 44.1 Å². The summed E-state index contributed by atoms with van der Waals surface area (Å²) in [6.07, 6.45) is -2.36. The number of ether oxygens (including phenoxy) is 1. The van der Waals surface area contributed by atoms with Gasteiger partial charge in [-0.2, -0.15) is 0 Å². The predicted octanol–water partition coefficient (Wildman–Crippen LogP) is 0.525. The minimum atomic E-state index is -1.74. The van der Waals surface area contributed by atoms with E-state index in [4.69, 9.17) is 16.3 Å². The molecule has 0 aromatic carbocycles. The van der Waals surface area contributed by atoms with E-state index in [2.05, 4.69) is 16.8 Å². The van der Waals surface area contributed by atoms with Crippen molar-refractivity contribution in [3.63, 3.8) is 0 Å². The summed E-state index contributed by atoms with van der Waals surface area (Å²) in [5, 5.41) is 19.9. The molecular weight excluding hydrogens is 312 g/mol. The molecule has 0 amide bonds. The molecule has 0 saturated heterocycles. The average molecular weight is 327 g/mol. The van der Waals surface area contributed by atoms with Crippen molar-refractivity contribution in [1.29, 1.82) is 0 Å². The van der Waals surface area contributed by atoms with Gasteiger partial charge in [0.2, 0.25) is 11.1 Å². The normalized spacial score (nSPS) is 25.4. The van der Waals surface area contributed by atoms with Gasteiger partial charge in [0, 0.05) is 11.8 Å². The van der Waals surface area contributed by atoms with Crippen molar-refractivity contribution in [2.24, 2.45) is 0 Å². The molecule has 8 heteroatoms. The fourth-order valence-electron chi connectivity index (χ4n) is 2.30. The van der Waals surface area contributed by atoms with Crippen LogP contribution in [-0.4, -0.2) is 30.7 Å². The summed E-state index contributed by atoms with van der Waals surface area (Å²) >= 11 is 6.38. The summed E-state index contributed by atoms with van der Waals surface area (Å²) in [7, 11) is 0. The Bertz CT molecular complexity index is 811. The lowest BCUT2D eigenvalue weighted by Crippen LogP contribution is -2.41. The second-order valence-corrected chi connectivity index (χ2v) is 5.49. The molecule has 1 aromatic rings. The molecule has 2 heterocycles. The molecule has 1 aromatic heterocycles. The van der Waals surface area contributed by atoms with Crippen LogP contribution in [0.5, 0.6) is 0 Å². The number of halogens is 1. The number of nitrogens with zero attached hydrogens (tertiary/aromatic N) is 1. The van der Waals surface area contributed by atoms with Gasteiger partial charge in [0.1, 0.15) is 6.10 Å². The molecule has 7 nitrogen and oxygen atoms in total. The van der Waals surface area contributed by atoms with E-state index in [1.807, 2.05) is 0 Å². The van der Waals surface area contributed by atoms with Crippen LogP contribution >= 0.6 is 11.6 Å². The quantitative estimate of drug-likeness (QED) is 0.543. The Balaban J connectivity index is 2.69. The first-order chi connectivity index (χ1) is 10.2. The maximum atomic E-state index is 12.1. The molecule has 0 bridgehead atoms. The Hall–Kier alpha value is -2.17. The number of hydrogen-bond donors (Lipinski definition) is 3. The number of aromatic amines is 1. The second kappa shape index (κ2) is 5.55. The van der Waals surface area contributed by atoms with Gasteiger partial charge >= 0.3 is 5.69 Å². The minimum absolute atomic E-state index is 0.166. The van der Waals surface area contributed by atoms with E-state index in [9.17, 15) is 19.8 Å². The van der Waals surface area contributed by atoms with Crippen molar-refractivity contribution in [2.45, 2.75) is 38.0 Å². The highest BCUT2D eigenvalue weighted by Gasteiger charge is 2.52. The van der Waals surface area contributed by atoms with Crippen LogP contribution < -0.4 is 11.2 Å². The predicted molar refractivity (Wildman–Crippen MR) is 79.6 cm³/mol. The molecule has 1 unspecified atom stereocenters. The fourth-order valence-corrected chi connectivity index (χ4v) is 2.63. The number of aliphatic hydroxyl groups is 2. The third-order valence-electron chi connectivity index (χ3n) is 3.25. The average Bonchev–Trinajstić information content (AvgIpc) is 2.63. The van der Waals surface area contributed by atoms with Crippen LogP contribution in [0.25, 0.3) is 0 Å². The zero-order chi connectivity index (χ0) is 16.7. The topological polar surface area (TPSA) is 105 Å². The number of hydrogen-bond acceptors (Lipinski definition) is 5. The smallest absolute Gasteiger partial charge is 0.331 e. The minimum Gasteiger partial charge on any atom is -0.506 e. The van der Waals surface area contributed by atoms with Gasteiger partial charge in [0.25, 0.3) is 5.56 Å². The summed E-state index contributed by atoms with van der Waals surface area (Å²) in [5.74, 6) is 4.53. The zero-order valence-corrected chi connectivity index (χ0v) is 12.9. The Morgan fingerprint density at radius 2 is 2.18 bits per heavy atom. The molecule has 22 heavy (non-hydrogen) atoms. The SMILES string of the molecule is CC#CC1(Cl)C(O)=C([C@H](C)O)O[C@H]1n1c(C)cc(=O)[nH]c1=O. The molecule has 1 aliphatic heterocycles. The Morgan fingerprint density at radius 1 is 1.55 bits per heavy atom. The van der Waals surface area contributed by atoms with Crippen LogP contribution in [0.3, 0.4) is 0 Å². The van der Waals surface area contributed by atoms with Gasteiger partial charge in [-0.25, -0.2) is 4.79 Å². The van der Waals surface area contributed by atoms with E-state index in [1.165, 1.54) is 26.8 Å². The van der Waals surface area contributed by atoms with E-state index in [0.717, 1.165) is 4.57 Å². The standard InChI is InChI=1S/C14H15ClN2O5/c1-4-5-14(15)11(20)10(8(3)18)22-12(14)17-7(2)6-9(19)16-13(17)21/h6,8,12,18,20H,1-3H3,(H,16,19,21)/t8-,12+,14?/m0/s1. The Kier molecular flexibility index (Phi) is 4.09. The van der Waals surface area contributed by atoms with Gasteiger partial charge in [-0.15, -0.1) is 5.92 Å². The molecular formula is C14H15ClN2O5. The summed E-state index contributed by atoms with van der Waals surface area (Å²) in [6, 6.07) is 1.19. The van der Waals surface area contributed by atoms with Gasteiger partial charge in [0.15, 0.2) is 11.5 Å². The highest BCUT2D eigenvalue weighted by molar-refractivity contribution is 6.28. The molecule has 0 radical (unpaired) electrons. The number of aliphatic hydroxyl groups excluding tert-OH is 2. The summed E-state index contributed by atoms with van der Waals surface area (Å²) in [4.78, 5) is 23.8. The largest absolute Gasteiger partial charge is 0.506 e.